The summed E-state index contributed by atoms with van der Waals surface area (Å²) in [7, 11) is 0. The summed E-state index contributed by atoms with van der Waals surface area (Å²) >= 11 is 5.96. The van der Waals surface area contributed by atoms with Gasteiger partial charge in [-0.15, -0.1) is 0 Å². The molecule has 5 nitrogen and oxygen atoms in total. The second-order valence-electron chi connectivity index (χ2n) is 4.30. The van der Waals surface area contributed by atoms with E-state index < -0.39 is 5.56 Å². The highest BCUT2D eigenvalue weighted by molar-refractivity contribution is 6.32. The summed E-state index contributed by atoms with van der Waals surface area (Å²) in [5, 5.41) is 9.42. The van der Waals surface area contributed by atoms with Crippen LogP contribution in [0.3, 0.4) is 0 Å². The maximum atomic E-state index is 11.4. The number of nitrogens with one attached hydrogen (secondary N) is 2. The number of benzene rings is 1. The Kier molecular flexibility index (Phi) is 3.13. The number of hydrogen-bond acceptors (Lipinski definition) is 4. The fourth-order valence-corrected chi connectivity index (χ4v) is 2.31. The molecule has 0 spiro atoms. The highest BCUT2D eigenvalue weighted by atomic mass is 35.5. The smallest absolute Gasteiger partial charge is 0.285 e. The minimum atomic E-state index is -0.396. The van der Waals surface area contributed by atoms with Gasteiger partial charge < -0.3 is 10.1 Å². The molecule has 2 N–H and O–H groups in total. The van der Waals surface area contributed by atoms with E-state index in [9.17, 15) is 4.79 Å². The fraction of sp³-hybridized carbons (Fsp3) is 0.231. The largest absolute Gasteiger partial charge is 0.493 e. The molecule has 1 aromatic heterocycles. The quantitative estimate of drug-likeness (QED) is 0.884. The summed E-state index contributed by atoms with van der Waals surface area (Å²) in [5.41, 5.74) is 1.20. The first-order valence-corrected chi connectivity index (χ1v) is 6.35. The number of para-hydroxylation sites is 1. The van der Waals surface area contributed by atoms with Gasteiger partial charge in [-0.05, 0) is 6.07 Å². The van der Waals surface area contributed by atoms with Crippen molar-refractivity contribution < 1.29 is 4.74 Å². The van der Waals surface area contributed by atoms with E-state index in [0.717, 1.165) is 17.7 Å². The van der Waals surface area contributed by atoms with Crippen molar-refractivity contribution in [3.05, 3.63) is 51.4 Å². The second kappa shape index (κ2) is 4.93. The molecule has 0 amide bonds. The van der Waals surface area contributed by atoms with E-state index in [-0.39, 0.29) is 11.1 Å². The first-order chi connectivity index (χ1) is 9.25. The van der Waals surface area contributed by atoms with Crippen LogP contribution in [0.1, 0.15) is 18.0 Å². The van der Waals surface area contributed by atoms with Crippen LogP contribution in [-0.2, 0) is 0 Å². The van der Waals surface area contributed by atoms with Crippen molar-refractivity contribution in [3.63, 3.8) is 0 Å². The van der Waals surface area contributed by atoms with Crippen molar-refractivity contribution in [1.82, 2.24) is 10.2 Å². The molecule has 1 atom stereocenters. The normalized spacial score (nSPS) is 17.4. The molecule has 3 rings (SSSR count). The lowest BCUT2D eigenvalue weighted by molar-refractivity contribution is 0.274. The van der Waals surface area contributed by atoms with E-state index in [2.05, 4.69) is 15.5 Å². The van der Waals surface area contributed by atoms with Gasteiger partial charge in [-0.2, -0.15) is 5.10 Å². The minimum Gasteiger partial charge on any atom is -0.493 e. The minimum absolute atomic E-state index is 0.0612. The Balaban J connectivity index is 1.93. The van der Waals surface area contributed by atoms with Crippen LogP contribution < -0.4 is 15.6 Å². The van der Waals surface area contributed by atoms with Gasteiger partial charge in [0.15, 0.2) is 0 Å². The van der Waals surface area contributed by atoms with Gasteiger partial charge in [0.25, 0.3) is 5.56 Å². The van der Waals surface area contributed by atoms with Crippen molar-refractivity contribution in [1.29, 1.82) is 0 Å². The SMILES string of the molecule is O=c1[nH]ncc(N[C@@H]2CCOc3ccccc32)c1Cl. The van der Waals surface area contributed by atoms with Crippen LogP contribution >= 0.6 is 11.6 Å². The van der Waals surface area contributed by atoms with Gasteiger partial charge in [0.1, 0.15) is 10.8 Å². The summed E-state index contributed by atoms with van der Waals surface area (Å²) < 4.78 is 5.59. The van der Waals surface area contributed by atoms with Gasteiger partial charge >= 0.3 is 0 Å². The predicted octanol–water partition coefficient (Wildman–Crippen LogP) is 2.36. The molecule has 0 fully saturated rings. The molecule has 2 heterocycles. The number of rotatable bonds is 2. The zero-order valence-electron chi connectivity index (χ0n) is 10.0. The van der Waals surface area contributed by atoms with Gasteiger partial charge in [0.2, 0.25) is 0 Å². The third-order valence-corrected chi connectivity index (χ3v) is 3.46. The Morgan fingerprint density at radius 1 is 1.42 bits per heavy atom. The van der Waals surface area contributed by atoms with Crippen LogP contribution in [0, 0.1) is 0 Å². The maximum absolute atomic E-state index is 11.4. The number of ether oxygens (including phenoxy) is 1. The Morgan fingerprint density at radius 3 is 3.16 bits per heavy atom. The van der Waals surface area contributed by atoms with E-state index in [1.165, 1.54) is 6.20 Å². The molecule has 1 aliphatic rings. The lowest BCUT2D eigenvalue weighted by atomic mass is 10.0. The molecule has 0 radical (unpaired) electrons. The molecule has 1 aromatic carbocycles. The number of H-pyrrole nitrogens is 1. The van der Waals surface area contributed by atoms with E-state index in [4.69, 9.17) is 16.3 Å². The zero-order chi connectivity index (χ0) is 13.2. The van der Waals surface area contributed by atoms with Gasteiger partial charge in [0, 0.05) is 12.0 Å². The Morgan fingerprint density at radius 2 is 2.26 bits per heavy atom. The van der Waals surface area contributed by atoms with E-state index in [0.29, 0.717) is 12.3 Å². The number of nitrogens with zero attached hydrogens (tertiary/aromatic N) is 1. The molecule has 0 saturated carbocycles. The Hall–Kier alpha value is -2.01. The highest BCUT2D eigenvalue weighted by Gasteiger charge is 2.21. The lowest BCUT2D eigenvalue weighted by Gasteiger charge is -2.27. The topological polar surface area (TPSA) is 67.0 Å². The molecular weight excluding hydrogens is 266 g/mol. The summed E-state index contributed by atoms with van der Waals surface area (Å²) in [5.74, 6) is 0.861. The van der Waals surface area contributed by atoms with E-state index >= 15 is 0 Å². The molecule has 0 bridgehead atoms. The third-order valence-electron chi connectivity index (χ3n) is 3.08. The average Bonchev–Trinajstić information content (AvgIpc) is 2.44. The molecule has 0 saturated heterocycles. The van der Waals surface area contributed by atoms with Gasteiger partial charge in [-0.25, -0.2) is 5.10 Å². The molecule has 1 aliphatic heterocycles. The summed E-state index contributed by atoms with van der Waals surface area (Å²) in [6.07, 6.45) is 2.32. The second-order valence-corrected chi connectivity index (χ2v) is 4.68. The molecule has 6 heteroatoms. The van der Waals surface area contributed by atoms with E-state index in [1.54, 1.807) is 0 Å². The summed E-state index contributed by atoms with van der Waals surface area (Å²) in [6, 6.07) is 7.88. The number of fused-ring (bicyclic) bond motifs is 1. The number of halogens is 1. The highest BCUT2D eigenvalue weighted by Crippen LogP contribution is 2.34. The van der Waals surface area contributed by atoms with E-state index in [1.807, 2.05) is 24.3 Å². The van der Waals surface area contributed by atoms with Crippen molar-refractivity contribution in [2.24, 2.45) is 0 Å². The van der Waals surface area contributed by atoms with Crippen LogP contribution in [0.4, 0.5) is 5.69 Å². The van der Waals surface area contributed by atoms with Crippen molar-refractivity contribution in [3.8, 4) is 5.75 Å². The first-order valence-electron chi connectivity index (χ1n) is 5.97. The monoisotopic (exact) mass is 277 g/mol. The van der Waals surface area contributed by atoms with Crippen LogP contribution in [0.2, 0.25) is 5.02 Å². The van der Waals surface area contributed by atoms with Crippen LogP contribution in [0.5, 0.6) is 5.75 Å². The Bertz CT molecular complexity index is 656. The molecule has 2 aromatic rings. The molecule has 0 unspecified atom stereocenters. The molecule has 98 valence electrons. The van der Waals surface area contributed by atoms with Gasteiger partial charge in [-0.1, -0.05) is 29.8 Å². The van der Waals surface area contributed by atoms with Gasteiger partial charge in [0.05, 0.1) is 24.5 Å². The fourth-order valence-electron chi connectivity index (χ4n) is 2.16. The molecule has 0 aliphatic carbocycles. The average molecular weight is 278 g/mol. The van der Waals surface area contributed by atoms with Crippen LogP contribution in [-0.4, -0.2) is 16.8 Å². The zero-order valence-corrected chi connectivity index (χ0v) is 10.8. The standard InChI is InChI=1S/C13H12ClN3O2/c14-12-10(7-15-17-13(12)18)16-9-5-6-19-11-4-2-1-3-8(9)11/h1-4,7,9H,5-6H2,(H2,16,17,18)/t9-/m1/s1. The molecule has 19 heavy (non-hydrogen) atoms. The number of aromatic nitrogens is 2. The third kappa shape index (κ3) is 2.29. The number of aromatic amines is 1. The maximum Gasteiger partial charge on any atom is 0.285 e. The van der Waals surface area contributed by atoms with Crippen LogP contribution in [0.15, 0.2) is 35.3 Å². The van der Waals surface area contributed by atoms with Crippen molar-refractivity contribution in [2.45, 2.75) is 12.5 Å². The van der Waals surface area contributed by atoms with Crippen molar-refractivity contribution >= 4 is 17.3 Å². The van der Waals surface area contributed by atoms with Crippen molar-refractivity contribution in [2.75, 3.05) is 11.9 Å². The lowest BCUT2D eigenvalue weighted by Crippen LogP contribution is -2.22. The summed E-state index contributed by atoms with van der Waals surface area (Å²) in [6.45, 7) is 0.628. The number of hydrogen-bond donors (Lipinski definition) is 2. The predicted molar refractivity (Wildman–Crippen MR) is 72.8 cm³/mol. The molecular formula is C13H12ClN3O2. The number of anilines is 1. The summed E-state index contributed by atoms with van der Waals surface area (Å²) in [4.78, 5) is 11.4. The van der Waals surface area contributed by atoms with Gasteiger partial charge in [-0.3, -0.25) is 4.79 Å². The Labute approximate surface area is 114 Å². The first kappa shape index (κ1) is 12.0. The van der Waals surface area contributed by atoms with Crippen LogP contribution in [0.25, 0.3) is 0 Å².